The SMILES string of the molecule is CC(C(=O)N1CCc2sccc2C1)N1CCN(C(=O)OC(C)(C)C)CC1. The summed E-state index contributed by atoms with van der Waals surface area (Å²) < 4.78 is 5.44. The normalized spacial score (nSPS) is 19.8. The first-order chi connectivity index (χ1) is 12.2. The Hall–Kier alpha value is -1.60. The average molecular weight is 380 g/mol. The molecule has 6 nitrogen and oxygen atoms in total. The minimum absolute atomic E-state index is 0.157. The highest BCUT2D eigenvalue weighted by atomic mass is 32.1. The zero-order valence-corrected chi connectivity index (χ0v) is 17.0. The van der Waals surface area contributed by atoms with Crippen LogP contribution in [-0.2, 0) is 22.5 Å². The molecular formula is C19H29N3O3S. The number of piperazine rings is 1. The van der Waals surface area contributed by atoms with Gasteiger partial charge < -0.3 is 14.5 Å². The minimum Gasteiger partial charge on any atom is -0.444 e. The lowest BCUT2D eigenvalue weighted by atomic mass is 10.1. The third-order valence-corrected chi connectivity index (χ3v) is 6.01. The van der Waals surface area contributed by atoms with E-state index in [9.17, 15) is 9.59 Å². The Morgan fingerprint density at radius 2 is 1.81 bits per heavy atom. The number of nitrogens with zero attached hydrogens (tertiary/aromatic N) is 3. The third kappa shape index (κ3) is 4.38. The van der Waals surface area contributed by atoms with Crippen molar-refractivity contribution in [2.75, 3.05) is 32.7 Å². The highest BCUT2D eigenvalue weighted by molar-refractivity contribution is 7.10. The molecule has 1 aromatic rings. The van der Waals surface area contributed by atoms with Gasteiger partial charge in [-0.2, -0.15) is 0 Å². The Bertz CT molecular complexity index is 659. The molecule has 3 heterocycles. The van der Waals surface area contributed by atoms with Crippen LogP contribution in [0.3, 0.4) is 0 Å². The molecule has 144 valence electrons. The van der Waals surface area contributed by atoms with Gasteiger partial charge in [0.05, 0.1) is 6.04 Å². The summed E-state index contributed by atoms with van der Waals surface area (Å²) in [6.07, 6.45) is 0.690. The number of hydrogen-bond donors (Lipinski definition) is 0. The molecule has 0 aromatic carbocycles. The van der Waals surface area contributed by atoms with Gasteiger partial charge in [-0.1, -0.05) is 0 Å². The van der Waals surface area contributed by atoms with Crippen molar-refractivity contribution >= 4 is 23.3 Å². The maximum Gasteiger partial charge on any atom is 0.410 e. The minimum atomic E-state index is -0.480. The van der Waals surface area contributed by atoms with Crippen molar-refractivity contribution in [2.45, 2.75) is 52.3 Å². The lowest BCUT2D eigenvalue weighted by molar-refractivity contribution is -0.138. The van der Waals surface area contributed by atoms with Gasteiger partial charge in [0.1, 0.15) is 5.60 Å². The number of rotatable bonds is 2. The first-order valence-electron chi connectivity index (χ1n) is 9.30. The Balaban J connectivity index is 1.51. The van der Waals surface area contributed by atoms with Gasteiger partial charge >= 0.3 is 6.09 Å². The van der Waals surface area contributed by atoms with E-state index in [1.54, 1.807) is 16.2 Å². The van der Waals surface area contributed by atoms with E-state index < -0.39 is 5.60 Å². The van der Waals surface area contributed by atoms with Crippen molar-refractivity contribution < 1.29 is 14.3 Å². The van der Waals surface area contributed by atoms with Crippen LogP contribution < -0.4 is 0 Å². The number of carbonyl (C=O) groups excluding carboxylic acids is 2. The maximum atomic E-state index is 12.9. The number of fused-ring (bicyclic) bond motifs is 1. The van der Waals surface area contributed by atoms with Crippen molar-refractivity contribution in [2.24, 2.45) is 0 Å². The largest absolute Gasteiger partial charge is 0.444 e. The van der Waals surface area contributed by atoms with E-state index >= 15 is 0 Å². The van der Waals surface area contributed by atoms with Crippen LogP contribution in [0, 0.1) is 0 Å². The van der Waals surface area contributed by atoms with E-state index in [4.69, 9.17) is 4.74 Å². The predicted octanol–water partition coefficient (Wildman–Crippen LogP) is 2.57. The van der Waals surface area contributed by atoms with E-state index in [0.717, 1.165) is 19.5 Å². The number of ether oxygens (including phenoxy) is 1. The van der Waals surface area contributed by atoms with Gasteiger partial charge in [0.15, 0.2) is 0 Å². The second-order valence-corrected chi connectivity index (χ2v) is 9.06. The highest BCUT2D eigenvalue weighted by Crippen LogP contribution is 2.25. The molecule has 0 aliphatic carbocycles. The molecule has 3 rings (SSSR count). The number of amides is 2. The molecule has 1 atom stereocenters. The third-order valence-electron chi connectivity index (χ3n) is 4.99. The smallest absolute Gasteiger partial charge is 0.410 e. The van der Waals surface area contributed by atoms with E-state index in [1.807, 2.05) is 32.6 Å². The van der Waals surface area contributed by atoms with E-state index in [1.165, 1.54) is 10.4 Å². The number of hydrogen-bond acceptors (Lipinski definition) is 5. The maximum absolute atomic E-state index is 12.9. The van der Waals surface area contributed by atoms with Crippen molar-refractivity contribution in [3.8, 4) is 0 Å². The van der Waals surface area contributed by atoms with Crippen molar-refractivity contribution in [3.63, 3.8) is 0 Å². The zero-order chi connectivity index (χ0) is 18.9. The molecule has 26 heavy (non-hydrogen) atoms. The molecule has 0 N–H and O–H groups in total. The van der Waals surface area contributed by atoms with Crippen LogP contribution >= 0.6 is 11.3 Å². The van der Waals surface area contributed by atoms with E-state index in [2.05, 4.69) is 16.3 Å². The summed E-state index contributed by atoms with van der Waals surface area (Å²) in [6.45, 7) is 11.7. The Morgan fingerprint density at radius 3 is 2.46 bits per heavy atom. The molecule has 2 amide bonds. The molecule has 7 heteroatoms. The second-order valence-electron chi connectivity index (χ2n) is 8.06. The molecule has 0 bridgehead atoms. The Kier molecular flexibility index (Phi) is 5.58. The monoisotopic (exact) mass is 379 g/mol. The van der Waals surface area contributed by atoms with Gasteiger partial charge in [0.2, 0.25) is 5.91 Å². The summed E-state index contributed by atoms with van der Waals surface area (Å²) in [4.78, 5) is 32.4. The quantitative estimate of drug-likeness (QED) is 0.793. The van der Waals surface area contributed by atoms with E-state index in [-0.39, 0.29) is 18.0 Å². The highest BCUT2D eigenvalue weighted by Gasteiger charge is 2.32. The fourth-order valence-electron chi connectivity index (χ4n) is 3.48. The molecule has 1 unspecified atom stereocenters. The predicted molar refractivity (Wildman–Crippen MR) is 102 cm³/mol. The lowest BCUT2D eigenvalue weighted by Crippen LogP contribution is -2.56. The van der Waals surface area contributed by atoms with Crippen LogP contribution in [0.4, 0.5) is 4.79 Å². The van der Waals surface area contributed by atoms with Crippen molar-refractivity contribution in [1.29, 1.82) is 0 Å². The molecule has 2 aliphatic heterocycles. The van der Waals surface area contributed by atoms with Crippen molar-refractivity contribution in [3.05, 3.63) is 21.9 Å². The topological polar surface area (TPSA) is 53.1 Å². The van der Waals surface area contributed by atoms with Gasteiger partial charge in [-0.3, -0.25) is 9.69 Å². The molecule has 0 saturated carbocycles. The van der Waals surface area contributed by atoms with Crippen LogP contribution in [0.1, 0.15) is 38.1 Å². The summed E-state index contributed by atoms with van der Waals surface area (Å²) in [7, 11) is 0. The van der Waals surface area contributed by atoms with Crippen LogP contribution in [0.5, 0.6) is 0 Å². The summed E-state index contributed by atoms with van der Waals surface area (Å²) in [5, 5.41) is 2.11. The summed E-state index contributed by atoms with van der Waals surface area (Å²) in [5.41, 5.74) is 0.809. The van der Waals surface area contributed by atoms with Gasteiger partial charge in [-0.05, 0) is 51.1 Å². The average Bonchev–Trinajstić information content (AvgIpc) is 3.06. The van der Waals surface area contributed by atoms with Gasteiger partial charge in [-0.15, -0.1) is 11.3 Å². The Morgan fingerprint density at radius 1 is 1.12 bits per heavy atom. The zero-order valence-electron chi connectivity index (χ0n) is 16.2. The number of carbonyl (C=O) groups is 2. The van der Waals surface area contributed by atoms with Gasteiger partial charge in [0, 0.05) is 44.1 Å². The summed E-state index contributed by atoms with van der Waals surface area (Å²) in [5.74, 6) is 0.188. The molecular weight excluding hydrogens is 350 g/mol. The first-order valence-corrected chi connectivity index (χ1v) is 10.2. The molecule has 1 fully saturated rings. The van der Waals surface area contributed by atoms with Crippen LogP contribution in [0.2, 0.25) is 0 Å². The van der Waals surface area contributed by atoms with Crippen LogP contribution in [0.25, 0.3) is 0 Å². The summed E-state index contributed by atoms with van der Waals surface area (Å²) >= 11 is 1.78. The van der Waals surface area contributed by atoms with Gasteiger partial charge in [-0.25, -0.2) is 4.79 Å². The summed E-state index contributed by atoms with van der Waals surface area (Å²) in [6, 6.07) is 1.97. The first kappa shape index (κ1) is 19.2. The van der Waals surface area contributed by atoms with Crippen LogP contribution in [0.15, 0.2) is 11.4 Å². The fraction of sp³-hybridized carbons (Fsp3) is 0.684. The molecule has 1 aromatic heterocycles. The Labute approximate surface area is 159 Å². The molecule has 1 saturated heterocycles. The fourth-order valence-corrected chi connectivity index (χ4v) is 4.36. The standard InChI is InChI=1S/C19H29N3O3S/c1-14(17(23)22-7-5-16-15(13-22)6-12-26-16)20-8-10-21(11-9-20)18(24)25-19(2,3)4/h6,12,14H,5,7-11,13H2,1-4H3. The van der Waals surface area contributed by atoms with Gasteiger partial charge in [0.25, 0.3) is 0 Å². The van der Waals surface area contributed by atoms with E-state index in [0.29, 0.717) is 26.2 Å². The van der Waals surface area contributed by atoms with Crippen LogP contribution in [-0.4, -0.2) is 71.1 Å². The molecule has 2 aliphatic rings. The lowest BCUT2D eigenvalue weighted by Gasteiger charge is -2.39. The molecule has 0 radical (unpaired) electrons. The van der Waals surface area contributed by atoms with Crippen molar-refractivity contribution in [1.82, 2.24) is 14.7 Å². The second kappa shape index (κ2) is 7.56. The number of thiophene rings is 1. The molecule has 0 spiro atoms.